The number of piperidine rings is 1. The van der Waals surface area contributed by atoms with Crippen LogP contribution in [0.1, 0.15) is 55.0 Å². The van der Waals surface area contributed by atoms with Crippen LogP contribution in [0.2, 0.25) is 0 Å². The molecule has 1 fully saturated rings. The lowest BCUT2D eigenvalue weighted by Crippen LogP contribution is -2.42. The average molecular weight is 519 g/mol. The van der Waals surface area contributed by atoms with Crippen LogP contribution in [0.15, 0.2) is 36.5 Å². The van der Waals surface area contributed by atoms with Gasteiger partial charge in [0.2, 0.25) is 0 Å². The van der Waals surface area contributed by atoms with Gasteiger partial charge in [-0.15, -0.1) is 0 Å². The number of rotatable bonds is 10. The number of hydrogen-bond acceptors (Lipinski definition) is 4. The fraction of sp³-hybridized carbons (Fsp3) is 0.483. The molecule has 1 unspecified atom stereocenters. The van der Waals surface area contributed by atoms with Gasteiger partial charge in [0, 0.05) is 24.3 Å². The number of hydrogen-bond donors (Lipinski definition) is 1. The molecular weight excluding hydrogens is 484 g/mol. The van der Waals surface area contributed by atoms with Gasteiger partial charge in [-0.3, -0.25) is 4.98 Å². The number of aliphatic hydroxyl groups is 1. The Balaban J connectivity index is 1.33. The molecule has 200 valence electrons. The van der Waals surface area contributed by atoms with Crippen molar-refractivity contribution in [3.8, 4) is 5.75 Å². The van der Waals surface area contributed by atoms with Crippen LogP contribution in [0.25, 0.3) is 10.9 Å². The van der Waals surface area contributed by atoms with Gasteiger partial charge in [-0.2, -0.15) is 0 Å². The maximum Gasteiger partial charge on any atom is 0.162 e. The number of pyridine rings is 1. The minimum absolute atomic E-state index is 0.00869. The summed E-state index contributed by atoms with van der Waals surface area (Å²) in [5, 5.41) is 11.0. The molecule has 8 heteroatoms. The van der Waals surface area contributed by atoms with Gasteiger partial charge >= 0.3 is 0 Å². The quantitative estimate of drug-likeness (QED) is 0.247. The third-order valence-electron chi connectivity index (χ3n) is 7.80. The van der Waals surface area contributed by atoms with Crippen LogP contribution in [-0.2, 0) is 6.42 Å². The first kappa shape index (κ1) is 27.3. The Labute approximate surface area is 215 Å². The van der Waals surface area contributed by atoms with E-state index in [1.807, 2.05) is 25.1 Å². The third kappa shape index (κ3) is 6.24. The SMILES string of the molecule is COc1ccc2ncc(C)c(C(F)CCC3(CO)CCN(CCCc4cc(F)cc(F)c4F)CC3)c2c1. The maximum absolute atomic E-state index is 15.7. The van der Waals surface area contributed by atoms with E-state index in [1.54, 1.807) is 13.3 Å². The average Bonchev–Trinajstić information content (AvgIpc) is 2.90. The Bertz CT molecular complexity index is 1230. The first-order valence-corrected chi connectivity index (χ1v) is 12.8. The Morgan fingerprint density at radius 1 is 1.14 bits per heavy atom. The summed E-state index contributed by atoms with van der Waals surface area (Å²) in [5.74, 6) is -2.28. The molecule has 0 amide bonds. The summed E-state index contributed by atoms with van der Waals surface area (Å²) >= 11 is 0. The van der Waals surface area contributed by atoms with Crippen molar-refractivity contribution in [1.29, 1.82) is 0 Å². The van der Waals surface area contributed by atoms with Gasteiger partial charge < -0.3 is 14.7 Å². The first-order valence-electron chi connectivity index (χ1n) is 12.8. The molecule has 4 nitrogen and oxygen atoms in total. The number of methoxy groups -OCH3 is 1. The van der Waals surface area contributed by atoms with Crippen LogP contribution < -0.4 is 4.74 Å². The van der Waals surface area contributed by atoms with E-state index in [4.69, 9.17) is 4.74 Å². The van der Waals surface area contributed by atoms with Crippen molar-refractivity contribution in [2.45, 2.75) is 51.6 Å². The molecule has 4 rings (SSSR count). The zero-order valence-corrected chi connectivity index (χ0v) is 21.4. The second kappa shape index (κ2) is 11.8. The van der Waals surface area contributed by atoms with E-state index in [0.29, 0.717) is 43.2 Å². The Kier molecular flexibility index (Phi) is 8.70. The molecule has 37 heavy (non-hydrogen) atoms. The van der Waals surface area contributed by atoms with E-state index in [1.165, 1.54) is 0 Å². The predicted octanol–water partition coefficient (Wildman–Crippen LogP) is 6.47. The maximum atomic E-state index is 15.7. The highest BCUT2D eigenvalue weighted by Crippen LogP contribution is 2.41. The number of aromatic nitrogens is 1. The van der Waals surface area contributed by atoms with Crippen molar-refractivity contribution in [3.05, 3.63) is 70.7 Å². The minimum atomic E-state index is -1.19. The number of likely N-dealkylation sites (tertiary alicyclic amines) is 1. The van der Waals surface area contributed by atoms with Gasteiger partial charge in [-0.05, 0) is 111 Å². The fourth-order valence-electron chi connectivity index (χ4n) is 5.43. The molecule has 0 spiro atoms. The van der Waals surface area contributed by atoms with Gasteiger partial charge in [0.1, 0.15) is 17.7 Å². The second-order valence-corrected chi connectivity index (χ2v) is 10.2. The van der Waals surface area contributed by atoms with Gasteiger partial charge in [0.15, 0.2) is 11.6 Å². The third-order valence-corrected chi connectivity index (χ3v) is 7.80. The van der Waals surface area contributed by atoms with Gasteiger partial charge in [0.25, 0.3) is 0 Å². The molecule has 0 radical (unpaired) electrons. The Morgan fingerprint density at radius 2 is 1.89 bits per heavy atom. The second-order valence-electron chi connectivity index (χ2n) is 10.2. The van der Waals surface area contributed by atoms with Crippen LogP contribution in [0.4, 0.5) is 17.6 Å². The van der Waals surface area contributed by atoms with Gasteiger partial charge in [0.05, 0.1) is 12.6 Å². The first-order chi connectivity index (χ1) is 17.7. The molecular formula is C29H34F4N2O2. The Hall–Kier alpha value is -2.71. The van der Waals surface area contributed by atoms with Crippen LogP contribution in [-0.4, -0.2) is 48.3 Å². The van der Waals surface area contributed by atoms with Gasteiger partial charge in [-0.25, -0.2) is 17.6 Å². The minimum Gasteiger partial charge on any atom is -0.497 e. The van der Waals surface area contributed by atoms with E-state index in [0.717, 1.165) is 48.5 Å². The van der Waals surface area contributed by atoms with Crippen molar-refractivity contribution in [1.82, 2.24) is 9.88 Å². The molecule has 0 saturated carbocycles. The number of ether oxygens (including phenoxy) is 1. The summed E-state index contributed by atoms with van der Waals surface area (Å²) in [6.07, 6.45) is 3.61. The number of alkyl halides is 1. The normalized spacial score (nSPS) is 16.7. The van der Waals surface area contributed by atoms with Crippen LogP contribution in [0, 0.1) is 29.8 Å². The predicted molar refractivity (Wildman–Crippen MR) is 136 cm³/mol. The number of aliphatic hydroxyl groups excluding tert-OH is 1. The van der Waals surface area contributed by atoms with Gasteiger partial charge in [-0.1, -0.05) is 0 Å². The summed E-state index contributed by atoms with van der Waals surface area (Å²) in [5.41, 5.74) is 1.82. The van der Waals surface area contributed by atoms with Crippen molar-refractivity contribution in [2.75, 3.05) is 33.4 Å². The number of halogens is 4. The highest BCUT2D eigenvalue weighted by atomic mass is 19.2. The fourth-order valence-corrected chi connectivity index (χ4v) is 5.43. The van der Waals surface area contributed by atoms with Crippen LogP contribution in [0.5, 0.6) is 5.75 Å². The number of benzene rings is 2. The summed E-state index contributed by atoms with van der Waals surface area (Å²) < 4.78 is 61.7. The zero-order valence-electron chi connectivity index (χ0n) is 21.4. The topological polar surface area (TPSA) is 45.6 Å². The molecule has 0 aliphatic carbocycles. The summed E-state index contributed by atoms with van der Waals surface area (Å²) in [6, 6.07) is 7.05. The van der Waals surface area contributed by atoms with Crippen LogP contribution in [0.3, 0.4) is 0 Å². The molecule has 2 heterocycles. The standard InChI is InChI=1S/C29H34F4N2O2/c1-19-17-34-26-6-5-22(37-2)16-23(26)27(19)24(31)7-8-29(18-36)9-12-35(13-10-29)11-3-4-20-14-21(30)15-25(32)28(20)33/h5-6,14-17,24,36H,3-4,7-13,18H2,1-2H3. The molecule has 2 aromatic carbocycles. The molecule has 1 aromatic heterocycles. The smallest absolute Gasteiger partial charge is 0.162 e. The van der Waals surface area contributed by atoms with E-state index in [9.17, 15) is 18.3 Å². The van der Waals surface area contributed by atoms with Crippen molar-refractivity contribution in [2.24, 2.45) is 5.41 Å². The molecule has 1 N–H and O–H groups in total. The summed E-state index contributed by atoms with van der Waals surface area (Å²) in [6.45, 7) is 3.97. The molecule has 1 atom stereocenters. The van der Waals surface area contributed by atoms with E-state index >= 15 is 4.39 Å². The molecule has 1 aliphatic rings. The molecule has 1 saturated heterocycles. The molecule has 3 aromatic rings. The summed E-state index contributed by atoms with van der Waals surface area (Å²) in [7, 11) is 1.58. The highest BCUT2D eigenvalue weighted by molar-refractivity contribution is 5.84. The largest absolute Gasteiger partial charge is 0.497 e. The number of fused-ring (bicyclic) bond motifs is 1. The van der Waals surface area contributed by atoms with E-state index < -0.39 is 23.6 Å². The Morgan fingerprint density at radius 3 is 2.59 bits per heavy atom. The molecule has 0 bridgehead atoms. The number of nitrogens with zero attached hydrogens (tertiary/aromatic N) is 2. The number of aryl methyl sites for hydroxylation is 2. The lowest BCUT2D eigenvalue weighted by Gasteiger charge is -2.41. The van der Waals surface area contributed by atoms with Crippen molar-refractivity contribution >= 4 is 10.9 Å². The summed E-state index contributed by atoms with van der Waals surface area (Å²) in [4.78, 5) is 6.63. The lowest BCUT2D eigenvalue weighted by atomic mass is 9.74. The molecule has 1 aliphatic heterocycles. The van der Waals surface area contributed by atoms with Crippen molar-refractivity contribution < 1.29 is 27.4 Å². The highest BCUT2D eigenvalue weighted by Gasteiger charge is 2.35. The van der Waals surface area contributed by atoms with Crippen molar-refractivity contribution in [3.63, 3.8) is 0 Å². The monoisotopic (exact) mass is 518 g/mol. The van der Waals surface area contributed by atoms with E-state index in [2.05, 4.69) is 9.88 Å². The lowest BCUT2D eigenvalue weighted by molar-refractivity contribution is 0.0300. The van der Waals surface area contributed by atoms with E-state index in [-0.39, 0.29) is 24.0 Å². The van der Waals surface area contributed by atoms with Crippen LogP contribution >= 0.6 is 0 Å². The zero-order chi connectivity index (χ0) is 26.6.